The van der Waals surface area contributed by atoms with E-state index in [0.29, 0.717) is 5.56 Å². The van der Waals surface area contributed by atoms with E-state index in [-0.39, 0.29) is 0 Å². The van der Waals surface area contributed by atoms with Crippen LogP contribution < -0.4 is 0 Å². The van der Waals surface area contributed by atoms with E-state index in [4.69, 9.17) is 0 Å². The van der Waals surface area contributed by atoms with Crippen molar-refractivity contribution in [2.75, 3.05) is 0 Å². The number of carbonyl (C=O) groups excluding carboxylic acids is 1. The fourth-order valence-corrected chi connectivity index (χ4v) is 1.88. The lowest BCUT2D eigenvalue weighted by atomic mass is 10.1. The molecule has 0 saturated heterocycles. The van der Waals surface area contributed by atoms with E-state index in [1.165, 1.54) is 3.57 Å². The van der Waals surface area contributed by atoms with Gasteiger partial charge in [0.05, 0.1) is 5.56 Å². The van der Waals surface area contributed by atoms with E-state index < -0.39 is 0 Å². The van der Waals surface area contributed by atoms with Crippen molar-refractivity contribution < 1.29 is 4.79 Å². The molecule has 0 unspecified atom stereocenters. The molecule has 0 radical (unpaired) electrons. The highest BCUT2D eigenvalue weighted by Crippen LogP contribution is 2.21. The van der Waals surface area contributed by atoms with Gasteiger partial charge in [-0.2, -0.15) is 5.10 Å². The van der Waals surface area contributed by atoms with Gasteiger partial charge in [0.25, 0.3) is 0 Å². The summed E-state index contributed by atoms with van der Waals surface area (Å²) in [4.78, 5) is 10.9. The van der Waals surface area contributed by atoms with Crippen LogP contribution in [-0.2, 0) is 6.54 Å². The average Bonchev–Trinajstić information content (AvgIpc) is 2.73. The highest BCUT2D eigenvalue weighted by atomic mass is 127. The Morgan fingerprint density at radius 2 is 2.06 bits per heavy atom. The molecule has 0 fully saturated rings. The maximum atomic E-state index is 10.9. The number of hydrogen-bond acceptors (Lipinski definition) is 2. The van der Waals surface area contributed by atoms with Gasteiger partial charge in [0.1, 0.15) is 5.69 Å². The van der Waals surface area contributed by atoms with Crippen LogP contribution in [0.5, 0.6) is 0 Å². The zero-order valence-electron chi connectivity index (χ0n) is 8.85. The molecule has 2 aromatic rings. The minimum absolute atomic E-state index is 0.642. The molecule has 0 saturated carbocycles. The fourth-order valence-electron chi connectivity index (χ4n) is 1.52. The Hall–Kier alpha value is -1.17. The van der Waals surface area contributed by atoms with Crippen molar-refractivity contribution in [1.29, 1.82) is 0 Å². The van der Waals surface area contributed by atoms with E-state index in [9.17, 15) is 4.79 Å². The average molecular weight is 326 g/mol. The first-order chi connectivity index (χ1) is 7.74. The Labute approximate surface area is 108 Å². The Bertz CT molecular complexity index is 502. The van der Waals surface area contributed by atoms with Gasteiger partial charge in [-0.3, -0.25) is 9.48 Å². The lowest BCUT2D eigenvalue weighted by Gasteiger charge is -1.98. The second-order valence-electron chi connectivity index (χ2n) is 3.41. The van der Waals surface area contributed by atoms with Gasteiger partial charge < -0.3 is 0 Å². The molecule has 1 heterocycles. The predicted molar refractivity (Wildman–Crippen MR) is 71.4 cm³/mol. The molecule has 1 aromatic heterocycles. The van der Waals surface area contributed by atoms with Crippen LogP contribution in [0.3, 0.4) is 0 Å². The smallest absolute Gasteiger partial charge is 0.153 e. The first-order valence-electron chi connectivity index (χ1n) is 5.03. The van der Waals surface area contributed by atoms with Crippen LogP contribution in [-0.4, -0.2) is 16.1 Å². The molecule has 2 rings (SSSR count). The molecule has 3 nitrogen and oxygen atoms in total. The maximum absolute atomic E-state index is 10.9. The van der Waals surface area contributed by atoms with Gasteiger partial charge in [0, 0.05) is 21.9 Å². The van der Waals surface area contributed by atoms with E-state index in [2.05, 4.69) is 27.7 Å². The van der Waals surface area contributed by atoms with E-state index in [1.807, 2.05) is 31.2 Å². The summed E-state index contributed by atoms with van der Waals surface area (Å²) in [6.45, 7) is 2.77. The molecule has 0 bridgehead atoms. The fraction of sp³-hybridized carbons (Fsp3) is 0.167. The predicted octanol–water partition coefficient (Wildman–Crippen LogP) is 2.99. The number of nitrogens with zero attached hydrogens (tertiary/aromatic N) is 2. The first kappa shape index (κ1) is 11.3. The van der Waals surface area contributed by atoms with Crippen LogP contribution in [0.4, 0.5) is 0 Å². The summed E-state index contributed by atoms with van der Waals surface area (Å²) in [6, 6.07) is 7.99. The SMILES string of the molecule is CCn1cc(C=O)c(-c2ccc(I)cc2)n1. The van der Waals surface area contributed by atoms with Crippen LogP contribution in [0.2, 0.25) is 0 Å². The Morgan fingerprint density at radius 3 is 2.62 bits per heavy atom. The van der Waals surface area contributed by atoms with Gasteiger partial charge in [-0.1, -0.05) is 12.1 Å². The monoisotopic (exact) mass is 326 g/mol. The van der Waals surface area contributed by atoms with Crippen LogP contribution in [0, 0.1) is 3.57 Å². The van der Waals surface area contributed by atoms with Crippen LogP contribution in [0.25, 0.3) is 11.3 Å². The highest BCUT2D eigenvalue weighted by Gasteiger charge is 2.09. The molecule has 0 aliphatic carbocycles. The van der Waals surface area contributed by atoms with Crippen molar-refractivity contribution in [3.05, 3.63) is 39.6 Å². The lowest BCUT2D eigenvalue weighted by Crippen LogP contribution is -1.93. The minimum Gasteiger partial charge on any atom is -0.298 e. The third-order valence-corrected chi connectivity index (χ3v) is 3.08. The lowest BCUT2D eigenvalue weighted by molar-refractivity contribution is 0.112. The summed E-state index contributed by atoms with van der Waals surface area (Å²) in [6.07, 6.45) is 2.63. The minimum atomic E-state index is 0.642. The number of hydrogen-bond donors (Lipinski definition) is 0. The molecule has 0 N–H and O–H groups in total. The summed E-state index contributed by atoms with van der Waals surface area (Å²) in [5.41, 5.74) is 2.38. The molecule has 0 aliphatic heterocycles. The summed E-state index contributed by atoms with van der Waals surface area (Å²) < 4.78 is 2.95. The van der Waals surface area contributed by atoms with Crippen molar-refractivity contribution in [1.82, 2.24) is 9.78 Å². The van der Waals surface area contributed by atoms with Gasteiger partial charge in [0.2, 0.25) is 0 Å². The van der Waals surface area contributed by atoms with Crippen molar-refractivity contribution in [3.8, 4) is 11.3 Å². The zero-order valence-corrected chi connectivity index (χ0v) is 11.0. The number of halogens is 1. The van der Waals surface area contributed by atoms with Gasteiger partial charge in [-0.05, 0) is 41.6 Å². The molecule has 82 valence electrons. The molecule has 1 aromatic carbocycles. The van der Waals surface area contributed by atoms with Gasteiger partial charge >= 0.3 is 0 Å². The molecule has 4 heteroatoms. The van der Waals surface area contributed by atoms with Gasteiger partial charge in [-0.25, -0.2) is 0 Å². The van der Waals surface area contributed by atoms with Crippen LogP contribution in [0.1, 0.15) is 17.3 Å². The third-order valence-electron chi connectivity index (χ3n) is 2.36. The number of carbonyl (C=O) groups is 1. The first-order valence-corrected chi connectivity index (χ1v) is 6.11. The van der Waals surface area contributed by atoms with Crippen molar-refractivity contribution >= 4 is 28.9 Å². The second-order valence-corrected chi connectivity index (χ2v) is 4.66. The maximum Gasteiger partial charge on any atom is 0.153 e. The molecular formula is C12H11IN2O. The summed E-state index contributed by atoms with van der Waals surface area (Å²) in [7, 11) is 0. The zero-order chi connectivity index (χ0) is 11.5. The van der Waals surface area contributed by atoms with Crippen molar-refractivity contribution in [2.45, 2.75) is 13.5 Å². The molecule has 0 aliphatic rings. The van der Waals surface area contributed by atoms with Crippen molar-refractivity contribution in [3.63, 3.8) is 0 Å². The number of aryl methyl sites for hydroxylation is 1. The Balaban J connectivity index is 2.49. The normalized spacial score (nSPS) is 10.4. The van der Waals surface area contributed by atoms with Crippen LogP contribution in [0.15, 0.2) is 30.5 Å². The second kappa shape index (κ2) is 4.78. The standard InChI is InChI=1S/C12H11IN2O/c1-2-15-7-10(8-16)12(14-15)9-3-5-11(13)6-4-9/h3-8H,2H2,1H3. The number of aromatic nitrogens is 2. The highest BCUT2D eigenvalue weighted by molar-refractivity contribution is 14.1. The molecule has 16 heavy (non-hydrogen) atoms. The van der Waals surface area contributed by atoms with E-state index in [1.54, 1.807) is 10.9 Å². The summed E-state index contributed by atoms with van der Waals surface area (Å²) >= 11 is 2.25. The third kappa shape index (κ3) is 2.16. The quantitative estimate of drug-likeness (QED) is 0.642. The number of aldehydes is 1. The van der Waals surface area contributed by atoms with Crippen molar-refractivity contribution in [2.24, 2.45) is 0 Å². The van der Waals surface area contributed by atoms with Gasteiger partial charge in [-0.15, -0.1) is 0 Å². The number of benzene rings is 1. The Morgan fingerprint density at radius 1 is 1.38 bits per heavy atom. The Kier molecular flexibility index (Phi) is 3.38. The number of rotatable bonds is 3. The van der Waals surface area contributed by atoms with Gasteiger partial charge in [0.15, 0.2) is 6.29 Å². The molecular weight excluding hydrogens is 315 g/mol. The largest absolute Gasteiger partial charge is 0.298 e. The van der Waals surface area contributed by atoms with E-state index in [0.717, 1.165) is 24.1 Å². The summed E-state index contributed by atoms with van der Waals surface area (Å²) in [5, 5.41) is 4.38. The summed E-state index contributed by atoms with van der Waals surface area (Å²) in [5.74, 6) is 0. The molecule has 0 amide bonds. The van der Waals surface area contributed by atoms with E-state index >= 15 is 0 Å². The molecule has 0 spiro atoms. The molecule has 0 atom stereocenters. The van der Waals surface area contributed by atoms with Crippen LogP contribution >= 0.6 is 22.6 Å². The topological polar surface area (TPSA) is 34.9 Å².